The first-order chi connectivity index (χ1) is 8.16. The average Bonchev–Trinajstić information content (AvgIpc) is 2.23. The third-order valence-electron chi connectivity index (χ3n) is 2.44. The van der Waals surface area contributed by atoms with Crippen molar-refractivity contribution in [3.05, 3.63) is 41.8 Å². The molecule has 0 atom stereocenters. The summed E-state index contributed by atoms with van der Waals surface area (Å²) < 4.78 is -3.07. The van der Waals surface area contributed by atoms with E-state index >= 15 is 0 Å². The molecule has 0 aliphatic carbocycles. The summed E-state index contributed by atoms with van der Waals surface area (Å²) in [5, 5.41) is 0. The first-order valence-electron chi connectivity index (χ1n) is 5.23. The normalized spacial score (nSPS) is 12.8. The number of benzene rings is 1. The molecular weight excluding hydrogens is 357 g/mol. The smallest absolute Gasteiger partial charge is 0.0784 e. The minimum Gasteiger partial charge on any atom is -0.0784 e. The minimum absolute atomic E-state index is 0.479. The molecule has 0 N–H and O–H groups in total. The molecule has 0 nitrogen and oxygen atoms in total. The molecule has 0 amide bonds. The average molecular weight is 368 g/mol. The lowest BCUT2D eigenvalue weighted by Crippen LogP contribution is -2.09. The molecule has 0 saturated heterocycles. The van der Waals surface area contributed by atoms with Crippen molar-refractivity contribution in [3.8, 4) is 0 Å². The van der Waals surface area contributed by atoms with E-state index in [0.717, 1.165) is 24.8 Å². The van der Waals surface area contributed by atoms with Gasteiger partial charge in [-0.3, -0.25) is 0 Å². The van der Waals surface area contributed by atoms with Gasteiger partial charge in [-0.25, -0.2) is 0 Å². The van der Waals surface area contributed by atoms with Crippen LogP contribution < -0.4 is 0 Å². The van der Waals surface area contributed by atoms with E-state index in [4.69, 9.17) is 69.6 Å². The van der Waals surface area contributed by atoms with Crippen molar-refractivity contribution in [2.24, 2.45) is 0 Å². The number of aryl methyl sites for hydroxylation is 1. The van der Waals surface area contributed by atoms with Crippen LogP contribution in [0.2, 0.25) is 0 Å². The summed E-state index contributed by atoms with van der Waals surface area (Å²) in [6, 6.07) is 5.17. The zero-order valence-electron chi connectivity index (χ0n) is 9.33. The highest BCUT2D eigenvalue weighted by Gasteiger charge is 2.30. The third kappa shape index (κ3) is 4.81. The van der Waals surface area contributed by atoms with Gasteiger partial charge in [0.2, 0.25) is 7.59 Å². The molecule has 0 saturated carbocycles. The molecule has 1 rings (SSSR count). The van der Waals surface area contributed by atoms with E-state index in [-0.39, 0.29) is 0 Å². The van der Waals surface area contributed by atoms with E-state index < -0.39 is 7.59 Å². The summed E-state index contributed by atoms with van der Waals surface area (Å²) in [5.74, 6) is 0. The number of unbranched alkanes of at least 4 members (excludes halogenated alkanes) is 1. The fraction of sp³-hybridized carbons (Fsp3) is 0.417. The quantitative estimate of drug-likeness (QED) is 0.535. The Morgan fingerprint density at radius 3 is 2.00 bits per heavy atom. The molecule has 101 valence electrons. The highest BCUT2D eigenvalue weighted by Crippen LogP contribution is 2.44. The first kappa shape index (κ1) is 17.0. The van der Waals surface area contributed by atoms with Crippen LogP contribution >= 0.6 is 69.6 Å². The number of hydrogen-bond acceptors (Lipinski definition) is 0. The Balaban J connectivity index is 3.21. The zero-order chi connectivity index (χ0) is 14.0. The monoisotopic (exact) mass is 365 g/mol. The lowest BCUT2D eigenvalue weighted by Gasteiger charge is -2.20. The van der Waals surface area contributed by atoms with Gasteiger partial charge in [0.15, 0.2) is 0 Å². The molecule has 0 bridgehead atoms. The van der Waals surface area contributed by atoms with Gasteiger partial charge in [-0.15, -0.1) is 0 Å². The van der Waals surface area contributed by atoms with Crippen LogP contribution in [0.4, 0.5) is 0 Å². The minimum atomic E-state index is -1.54. The maximum Gasteiger partial charge on any atom is 0.216 e. The van der Waals surface area contributed by atoms with Crippen LogP contribution in [0.25, 0.3) is 0 Å². The fourth-order valence-electron chi connectivity index (χ4n) is 1.55. The zero-order valence-corrected chi connectivity index (χ0v) is 13.9. The standard InChI is InChI=1S/C12H11Cl6/c1-2-3-4-8-5-6-9(11(13,14)15)7-10(8)12(16,17)18/h5-7H,1-4H2. The molecule has 0 unspecified atom stereocenters. The molecule has 0 aromatic heterocycles. The Morgan fingerprint density at radius 2 is 1.56 bits per heavy atom. The number of rotatable bonds is 3. The molecule has 1 aromatic rings. The Bertz CT molecular complexity index is 402. The van der Waals surface area contributed by atoms with Crippen LogP contribution in [-0.4, -0.2) is 0 Å². The lowest BCUT2D eigenvalue weighted by molar-refractivity contribution is 0.829. The van der Waals surface area contributed by atoms with Crippen molar-refractivity contribution in [3.63, 3.8) is 0 Å². The summed E-state index contributed by atoms with van der Waals surface area (Å²) in [7, 11) is 0. The van der Waals surface area contributed by atoms with Crippen LogP contribution in [0, 0.1) is 6.92 Å². The molecule has 0 aliphatic rings. The van der Waals surface area contributed by atoms with Crippen LogP contribution in [0.15, 0.2) is 18.2 Å². The lowest BCUT2D eigenvalue weighted by atomic mass is 10.0. The van der Waals surface area contributed by atoms with Gasteiger partial charge in [0, 0.05) is 11.1 Å². The number of alkyl halides is 6. The van der Waals surface area contributed by atoms with Gasteiger partial charge in [-0.2, -0.15) is 0 Å². The molecule has 0 spiro atoms. The Kier molecular flexibility index (Phi) is 6.25. The molecule has 6 heteroatoms. The molecule has 0 fully saturated rings. The van der Waals surface area contributed by atoms with E-state index in [2.05, 4.69) is 6.92 Å². The van der Waals surface area contributed by atoms with Crippen molar-refractivity contribution < 1.29 is 0 Å². The van der Waals surface area contributed by atoms with E-state index in [9.17, 15) is 0 Å². The van der Waals surface area contributed by atoms with E-state index in [1.807, 2.05) is 6.07 Å². The summed E-state index contributed by atoms with van der Waals surface area (Å²) in [5.41, 5.74) is 1.95. The highest BCUT2D eigenvalue weighted by molar-refractivity contribution is 6.67. The maximum atomic E-state index is 5.95. The van der Waals surface area contributed by atoms with Gasteiger partial charge in [0.1, 0.15) is 0 Å². The Hall–Kier alpha value is 0.960. The second-order valence-corrected chi connectivity index (χ2v) is 8.39. The molecular formula is C12H11Cl6. The summed E-state index contributed by atoms with van der Waals surface area (Å²) >= 11 is 35.3. The van der Waals surface area contributed by atoms with Crippen LogP contribution in [-0.2, 0) is 14.0 Å². The van der Waals surface area contributed by atoms with Gasteiger partial charge in [-0.05, 0) is 24.5 Å². The van der Waals surface area contributed by atoms with E-state index in [1.165, 1.54) is 0 Å². The van der Waals surface area contributed by atoms with Crippen LogP contribution in [0.1, 0.15) is 29.5 Å². The first-order valence-corrected chi connectivity index (χ1v) is 7.49. The van der Waals surface area contributed by atoms with Gasteiger partial charge in [0.25, 0.3) is 0 Å². The van der Waals surface area contributed by atoms with Crippen molar-refractivity contribution in [1.29, 1.82) is 0 Å². The molecule has 1 aromatic carbocycles. The predicted molar refractivity (Wildman–Crippen MR) is 83.2 cm³/mol. The van der Waals surface area contributed by atoms with Crippen molar-refractivity contribution in [1.82, 2.24) is 0 Å². The van der Waals surface area contributed by atoms with Crippen molar-refractivity contribution in [2.75, 3.05) is 0 Å². The summed E-state index contributed by atoms with van der Waals surface area (Å²) in [6.07, 6.45) is 2.49. The van der Waals surface area contributed by atoms with Gasteiger partial charge in [-0.1, -0.05) is 95.1 Å². The van der Waals surface area contributed by atoms with Crippen molar-refractivity contribution >= 4 is 69.6 Å². The number of halogens is 6. The van der Waals surface area contributed by atoms with Gasteiger partial charge in [0.05, 0.1) is 0 Å². The fourth-order valence-corrected chi connectivity index (χ4v) is 2.43. The van der Waals surface area contributed by atoms with Gasteiger partial charge < -0.3 is 0 Å². The topological polar surface area (TPSA) is 0 Å². The SMILES string of the molecule is [CH2]CCCc1ccc(C(Cl)(Cl)Cl)cc1C(Cl)(Cl)Cl. The Labute approximate surface area is 137 Å². The predicted octanol–water partition coefficient (Wildman–Crippen LogP) is 6.50. The van der Waals surface area contributed by atoms with Crippen LogP contribution in [0.3, 0.4) is 0 Å². The second-order valence-electron chi connectivity index (χ2n) is 3.82. The highest BCUT2D eigenvalue weighted by atomic mass is 35.6. The maximum absolute atomic E-state index is 5.95. The van der Waals surface area contributed by atoms with Crippen molar-refractivity contribution in [2.45, 2.75) is 26.8 Å². The van der Waals surface area contributed by atoms with Crippen LogP contribution in [0.5, 0.6) is 0 Å². The third-order valence-corrected chi connectivity index (χ3v) is 3.70. The number of hydrogen-bond donors (Lipinski definition) is 0. The molecule has 0 aliphatic heterocycles. The van der Waals surface area contributed by atoms with Gasteiger partial charge >= 0.3 is 0 Å². The molecule has 1 radical (unpaired) electrons. The molecule has 18 heavy (non-hydrogen) atoms. The largest absolute Gasteiger partial charge is 0.216 e. The van der Waals surface area contributed by atoms with E-state index in [1.54, 1.807) is 12.1 Å². The molecule has 0 heterocycles. The summed E-state index contributed by atoms with van der Waals surface area (Å²) in [6.45, 7) is 3.79. The second kappa shape index (κ2) is 6.61. The Morgan fingerprint density at radius 1 is 0.944 bits per heavy atom. The summed E-state index contributed by atoms with van der Waals surface area (Å²) in [4.78, 5) is 0. The van der Waals surface area contributed by atoms with E-state index in [0.29, 0.717) is 11.1 Å².